The zero-order valence-electron chi connectivity index (χ0n) is 28.1. The van der Waals surface area contributed by atoms with E-state index in [9.17, 15) is 55.9 Å². The SMILES string of the molecule is CCCCCCCCCCCCCC(=O)OC[C@H]1OC(OC[C@H]2OC(O[C@]3(CO)O[C@H](CO)[C@@H](O)[C@@H]3O)[C@H](O)[C@@H](O)[C@@H]2O)[C@H](O)[C@@H](O)[C@H]1O. The number of esters is 1. The number of hydrogen-bond acceptors (Lipinski definition) is 17. The molecule has 3 aliphatic rings. The number of hydrogen-bond donors (Lipinski definition) is 10. The van der Waals surface area contributed by atoms with Gasteiger partial charge in [0.15, 0.2) is 12.6 Å². The Labute approximate surface area is 286 Å². The monoisotopic (exact) mass is 714 g/mol. The van der Waals surface area contributed by atoms with Crippen molar-refractivity contribution in [2.45, 2.75) is 169 Å². The van der Waals surface area contributed by atoms with Crippen LogP contribution in [0.15, 0.2) is 0 Å². The molecular formula is C32H58O17. The van der Waals surface area contributed by atoms with Crippen LogP contribution in [0.3, 0.4) is 0 Å². The molecule has 0 spiro atoms. The van der Waals surface area contributed by atoms with E-state index in [1.165, 1.54) is 44.9 Å². The lowest BCUT2D eigenvalue weighted by atomic mass is 9.98. The molecule has 0 amide bonds. The van der Waals surface area contributed by atoms with Crippen molar-refractivity contribution in [2.24, 2.45) is 0 Å². The van der Waals surface area contributed by atoms with E-state index in [4.69, 9.17) is 28.4 Å². The van der Waals surface area contributed by atoms with Crippen LogP contribution in [0.1, 0.15) is 84.0 Å². The molecule has 3 saturated heterocycles. The minimum absolute atomic E-state index is 0.165. The maximum absolute atomic E-state index is 12.3. The number of aliphatic hydroxyl groups excluding tert-OH is 10. The van der Waals surface area contributed by atoms with Crippen molar-refractivity contribution in [3.05, 3.63) is 0 Å². The van der Waals surface area contributed by atoms with Crippen LogP contribution in [-0.2, 0) is 33.2 Å². The average molecular weight is 715 g/mol. The highest BCUT2D eigenvalue weighted by Crippen LogP contribution is 2.36. The van der Waals surface area contributed by atoms with Gasteiger partial charge >= 0.3 is 5.97 Å². The van der Waals surface area contributed by atoms with Crippen molar-refractivity contribution in [3.63, 3.8) is 0 Å². The van der Waals surface area contributed by atoms with Crippen molar-refractivity contribution >= 4 is 5.97 Å². The largest absolute Gasteiger partial charge is 0.463 e. The summed E-state index contributed by atoms with van der Waals surface area (Å²) in [6, 6.07) is 0. The highest BCUT2D eigenvalue weighted by atomic mass is 16.8. The van der Waals surface area contributed by atoms with Crippen molar-refractivity contribution in [1.82, 2.24) is 0 Å². The zero-order chi connectivity index (χ0) is 36.1. The van der Waals surface area contributed by atoms with Crippen LogP contribution in [0, 0.1) is 0 Å². The Kier molecular flexibility index (Phi) is 17.9. The number of aliphatic hydroxyl groups is 10. The van der Waals surface area contributed by atoms with Gasteiger partial charge in [-0.2, -0.15) is 0 Å². The third-order valence-electron chi connectivity index (χ3n) is 9.38. The molecule has 3 heterocycles. The summed E-state index contributed by atoms with van der Waals surface area (Å²) < 4.78 is 32.6. The van der Waals surface area contributed by atoms with Gasteiger partial charge in [0, 0.05) is 6.42 Å². The molecule has 3 aliphatic heterocycles. The van der Waals surface area contributed by atoms with Gasteiger partial charge in [-0.3, -0.25) is 4.79 Å². The van der Waals surface area contributed by atoms with Crippen LogP contribution >= 0.6 is 0 Å². The van der Waals surface area contributed by atoms with Crippen LogP contribution in [-0.4, -0.2) is 169 Å². The number of rotatable bonds is 21. The first kappa shape index (κ1) is 42.3. The van der Waals surface area contributed by atoms with Gasteiger partial charge in [-0.05, 0) is 6.42 Å². The first-order chi connectivity index (χ1) is 23.4. The zero-order valence-corrected chi connectivity index (χ0v) is 28.1. The predicted octanol–water partition coefficient (Wildman–Crippen LogP) is -2.32. The van der Waals surface area contributed by atoms with Crippen molar-refractivity contribution in [2.75, 3.05) is 26.4 Å². The lowest BCUT2D eigenvalue weighted by Gasteiger charge is -2.44. The molecule has 0 aromatic heterocycles. The summed E-state index contributed by atoms with van der Waals surface area (Å²) >= 11 is 0. The highest BCUT2D eigenvalue weighted by Gasteiger charge is 2.58. The third kappa shape index (κ3) is 11.4. The lowest BCUT2D eigenvalue weighted by Crippen LogP contribution is -2.63. The van der Waals surface area contributed by atoms with Gasteiger partial charge < -0.3 is 79.5 Å². The molecule has 0 aliphatic carbocycles. The van der Waals surface area contributed by atoms with Gasteiger partial charge in [0.25, 0.3) is 0 Å². The Morgan fingerprint density at radius 1 is 0.612 bits per heavy atom. The van der Waals surface area contributed by atoms with Gasteiger partial charge in [-0.15, -0.1) is 0 Å². The Morgan fingerprint density at radius 2 is 1.12 bits per heavy atom. The summed E-state index contributed by atoms with van der Waals surface area (Å²) in [6.07, 6.45) is -9.58. The minimum atomic E-state index is -2.38. The van der Waals surface area contributed by atoms with Gasteiger partial charge in [0.1, 0.15) is 80.4 Å². The minimum Gasteiger partial charge on any atom is -0.463 e. The molecule has 3 fully saturated rings. The van der Waals surface area contributed by atoms with Crippen molar-refractivity contribution in [1.29, 1.82) is 0 Å². The standard InChI is InChI=1S/C32H58O17/c1-2-3-4-5-6-7-8-9-10-11-12-13-21(35)44-15-19-22(36)25(39)27(41)30(46-19)45-16-20-23(37)26(40)28(42)31(47-20)49-32(17-34)29(43)24(38)18(14-33)48-32/h18-20,22-31,33-34,36-43H,2-17H2,1H3/t18-,19-,20-,22+,23-,24-,25+,26+,27-,28-,29+,30?,31?,32+/m1/s1. The Balaban J connectivity index is 1.45. The molecule has 0 saturated carbocycles. The number of carbonyl (C=O) groups excluding carboxylic acids is 1. The fourth-order valence-electron chi connectivity index (χ4n) is 6.18. The third-order valence-corrected chi connectivity index (χ3v) is 9.38. The molecule has 288 valence electrons. The van der Waals surface area contributed by atoms with Crippen LogP contribution in [0.25, 0.3) is 0 Å². The quantitative estimate of drug-likeness (QED) is 0.0441. The summed E-state index contributed by atoms with van der Waals surface area (Å²) in [7, 11) is 0. The van der Waals surface area contributed by atoms with E-state index in [0.29, 0.717) is 6.42 Å². The molecule has 0 radical (unpaired) electrons. The van der Waals surface area contributed by atoms with Crippen LogP contribution in [0.4, 0.5) is 0 Å². The van der Waals surface area contributed by atoms with E-state index in [1.807, 2.05) is 0 Å². The molecule has 17 heteroatoms. The number of carbonyl (C=O) groups is 1. The maximum Gasteiger partial charge on any atom is 0.305 e. The van der Waals surface area contributed by atoms with Gasteiger partial charge in [0.05, 0.1) is 13.2 Å². The Hall–Kier alpha value is -1.13. The summed E-state index contributed by atoms with van der Waals surface area (Å²) in [4.78, 5) is 12.3. The molecule has 3 rings (SSSR count). The second-order valence-electron chi connectivity index (χ2n) is 13.2. The summed E-state index contributed by atoms with van der Waals surface area (Å²) in [6.45, 7) is -0.723. The molecule has 49 heavy (non-hydrogen) atoms. The summed E-state index contributed by atoms with van der Waals surface area (Å²) in [5, 5.41) is 103. The number of unbranched alkanes of at least 4 members (excludes halogenated alkanes) is 10. The smallest absolute Gasteiger partial charge is 0.305 e. The molecule has 17 nitrogen and oxygen atoms in total. The van der Waals surface area contributed by atoms with Crippen molar-refractivity contribution < 1.29 is 84.3 Å². The molecule has 0 aromatic rings. The van der Waals surface area contributed by atoms with E-state index in [2.05, 4.69) is 6.92 Å². The van der Waals surface area contributed by atoms with Gasteiger partial charge in [-0.1, -0.05) is 71.1 Å². The highest BCUT2D eigenvalue weighted by molar-refractivity contribution is 5.69. The van der Waals surface area contributed by atoms with E-state index in [0.717, 1.165) is 19.3 Å². The predicted molar refractivity (Wildman–Crippen MR) is 166 cm³/mol. The molecular weight excluding hydrogens is 656 g/mol. The van der Waals surface area contributed by atoms with E-state index < -0.39 is 118 Å². The average Bonchev–Trinajstić information content (AvgIpc) is 3.34. The first-order valence-electron chi connectivity index (χ1n) is 17.5. The van der Waals surface area contributed by atoms with Gasteiger partial charge in [-0.25, -0.2) is 0 Å². The van der Waals surface area contributed by atoms with E-state index >= 15 is 0 Å². The summed E-state index contributed by atoms with van der Waals surface area (Å²) in [5.74, 6) is -2.90. The van der Waals surface area contributed by atoms with Crippen LogP contribution in [0.2, 0.25) is 0 Å². The maximum atomic E-state index is 12.3. The fraction of sp³-hybridized carbons (Fsp3) is 0.969. The second kappa shape index (κ2) is 20.8. The summed E-state index contributed by atoms with van der Waals surface area (Å²) in [5.41, 5.74) is 0. The molecule has 0 aromatic carbocycles. The number of ether oxygens (including phenoxy) is 6. The van der Waals surface area contributed by atoms with E-state index in [-0.39, 0.29) is 6.42 Å². The van der Waals surface area contributed by atoms with E-state index in [1.54, 1.807) is 0 Å². The molecule has 0 bridgehead atoms. The Bertz CT molecular complexity index is 945. The van der Waals surface area contributed by atoms with Crippen LogP contribution < -0.4 is 0 Å². The first-order valence-corrected chi connectivity index (χ1v) is 17.5. The lowest BCUT2D eigenvalue weighted by molar-refractivity contribution is -0.388. The van der Waals surface area contributed by atoms with Crippen molar-refractivity contribution in [3.8, 4) is 0 Å². The normalized spacial score (nSPS) is 39.7. The molecule has 14 atom stereocenters. The molecule has 10 N–H and O–H groups in total. The second-order valence-corrected chi connectivity index (χ2v) is 13.2. The molecule has 2 unspecified atom stereocenters. The van der Waals surface area contributed by atoms with Gasteiger partial charge in [0.2, 0.25) is 5.79 Å². The Morgan fingerprint density at radius 3 is 1.65 bits per heavy atom. The fourth-order valence-corrected chi connectivity index (χ4v) is 6.18. The topological polar surface area (TPSA) is 275 Å². The van der Waals surface area contributed by atoms with Crippen LogP contribution in [0.5, 0.6) is 0 Å².